The van der Waals surface area contributed by atoms with Crippen molar-refractivity contribution in [3.63, 3.8) is 0 Å². The number of halogens is 1. The summed E-state index contributed by atoms with van der Waals surface area (Å²) >= 11 is 7.50. The Morgan fingerprint density at radius 2 is 1.95 bits per heavy atom. The number of hydrogen-bond donors (Lipinski definition) is 2. The van der Waals surface area contributed by atoms with Crippen LogP contribution in [0.15, 0.2) is 35.2 Å². The van der Waals surface area contributed by atoms with Gasteiger partial charge < -0.3 is 10.4 Å². The van der Waals surface area contributed by atoms with Gasteiger partial charge in [0.2, 0.25) is 5.91 Å². The molecule has 0 radical (unpaired) electrons. The molecule has 4 atom stereocenters. The largest absolute Gasteiger partial charge is 0.481 e. The molecule has 4 nitrogen and oxygen atoms in total. The van der Waals surface area contributed by atoms with Gasteiger partial charge >= 0.3 is 5.97 Å². The number of aliphatic carboxylic acids is 1. The molecule has 0 saturated heterocycles. The van der Waals surface area contributed by atoms with Crippen molar-refractivity contribution in [1.82, 2.24) is 0 Å². The van der Waals surface area contributed by atoms with Gasteiger partial charge in [-0.05, 0) is 42.7 Å². The number of carbonyl (C=O) groups is 2. The lowest BCUT2D eigenvalue weighted by molar-refractivity contribution is -0.146. The summed E-state index contributed by atoms with van der Waals surface area (Å²) in [6, 6.07) is 5.31. The van der Waals surface area contributed by atoms with Crippen LogP contribution >= 0.6 is 23.4 Å². The van der Waals surface area contributed by atoms with E-state index < -0.39 is 17.8 Å². The molecule has 2 N–H and O–H groups in total. The van der Waals surface area contributed by atoms with Crippen LogP contribution in [0.1, 0.15) is 6.42 Å². The molecule has 3 rings (SSSR count). The zero-order valence-corrected chi connectivity index (χ0v) is 13.5. The summed E-state index contributed by atoms with van der Waals surface area (Å²) in [5.41, 5.74) is 0.640. The molecule has 4 unspecified atom stereocenters. The van der Waals surface area contributed by atoms with Crippen LogP contribution in [-0.2, 0) is 9.59 Å². The van der Waals surface area contributed by atoms with Gasteiger partial charge in [0.15, 0.2) is 0 Å². The van der Waals surface area contributed by atoms with Gasteiger partial charge in [-0.3, -0.25) is 9.59 Å². The van der Waals surface area contributed by atoms with Crippen LogP contribution in [0.4, 0.5) is 5.69 Å². The number of hydrogen-bond acceptors (Lipinski definition) is 3. The number of carboxylic acids is 1. The topological polar surface area (TPSA) is 66.4 Å². The quantitative estimate of drug-likeness (QED) is 0.651. The molecule has 1 aromatic rings. The lowest BCUT2D eigenvalue weighted by atomic mass is 9.82. The maximum Gasteiger partial charge on any atom is 0.307 e. The lowest BCUT2D eigenvalue weighted by Crippen LogP contribution is -2.36. The first-order chi connectivity index (χ1) is 10.5. The van der Waals surface area contributed by atoms with E-state index in [1.165, 1.54) is 11.8 Å². The highest BCUT2D eigenvalue weighted by atomic mass is 35.5. The molecule has 0 aliphatic heterocycles. The van der Waals surface area contributed by atoms with Gasteiger partial charge in [0, 0.05) is 9.92 Å². The maximum atomic E-state index is 12.6. The Bertz CT molecular complexity index is 661. The summed E-state index contributed by atoms with van der Waals surface area (Å²) in [5, 5.41) is 12.8. The van der Waals surface area contributed by atoms with Crippen molar-refractivity contribution in [2.45, 2.75) is 11.3 Å². The van der Waals surface area contributed by atoms with Crippen LogP contribution in [0, 0.1) is 23.7 Å². The highest BCUT2D eigenvalue weighted by molar-refractivity contribution is 7.98. The predicted molar refractivity (Wildman–Crippen MR) is 87.2 cm³/mol. The summed E-state index contributed by atoms with van der Waals surface area (Å²) in [6.45, 7) is 0. The van der Waals surface area contributed by atoms with Crippen molar-refractivity contribution < 1.29 is 14.7 Å². The van der Waals surface area contributed by atoms with Crippen molar-refractivity contribution in [2.24, 2.45) is 23.7 Å². The van der Waals surface area contributed by atoms with Crippen molar-refractivity contribution in [1.29, 1.82) is 0 Å². The van der Waals surface area contributed by atoms with Crippen molar-refractivity contribution in [2.75, 3.05) is 11.6 Å². The smallest absolute Gasteiger partial charge is 0.307 e. The SMILES string of the molecule is CSc1ccc(Cl)cc1NC(=O)C1C2C=CC(C2)C1C(=O)O. The highest BCUT2D eigenvalue weighted by Gasteiger charge is 2.51. The number of carbonyl (C=O) groups excluding carboxylic acids is 1. The number of anilines is 1. The second-order valence-electron chi connectivity index (χ2n) is 5.67. The molecule has 2 aliphatic rings. The Kier molecular flexibility index (Phi) is 4.19. The zero-order valence-electron chi connectivity index (χ0n) is 12.0. The first-order valence-corrected chi connectivity index (χ1v) is 8.67. The lowest BCUT2D eigenvalue weighted by Gasteiger charge is -2.24. The zero-order chi connectivity index (χ0) is 15.9. The Balaban J connectivity index is 1.84. The molecule has 0 aromatic heterocycles. The second kappa shape index (κ2) is 5.97. The summed E-state index contributed by atoms with van der Waals surface area (Å²) in [5.74, 6) is -2.29. The minimum absolute atomic E-state index is 0.0167. The minimum atomic E-state index is -0.895. The van der Waals surface area contributed by atoms with E-state index in [0.29, 0.717) is 10.7 Å². The fourth-order valence-corrected chi connectivity index (χ4v) is 4.22. The molecule has 2 aliphatic carbocycles. The van der Waals surface area contributed by atoms with Crippen molar-refractivity contribution in [3.05, 3.63) is 35.4 Å². The second-order valence-corrected chi connectivity index (χ2v) is 6.96. The first-order valence-electron chi connectivity index (χ1n) is 7.07. The van der Waals surface area contributed by atoms with Gasteiger partial charge in [0.1, 0.15) is 0 Å². The van der Waals surface area contributed by atoms with E-state index >= 15 is 0 Å². The number of allylic oxidation sites excluding steroid dienone is 2. The summed E-state index contributed by atoms with van der Waals surface area (Å²) in [6.07, 6.45) is 6.57. The van der Waals surface area contributed by atoms with E-state index in [1.807, 2.05) is 24.5 Å². The van der Waals surface area contributed by atoms with Crippen LogP contribution in [0.2, 0.25) is 5.02 Å². The Morgan fingerprint density at radius 3 is 2.59 bits per heavy atom. The highest BCUT2D eigenvalue weighted by Crippen LogP contribution is 2.48. The van der Waals surface area contributed by atoms with E-state index in [2.05, 4.69) is 5.32 Å². The summed E-state index contributed by atoms with van der Waals surface area (Å²) in [4.78, 5) is 25.0. The van der Waals surface area contributed by atoms with E-state index in [4.69, 9.17) is 11.6 Å². The number of nitrogens with one attached hydrogen (secondary N) is 1. The van der Waals surface area contributed by atoms with Crippen LogP contribution < -0.4 is 5.32 Å². The fraction of sp³-hybridized carbons (Fsp3) is 0.375. The molecule has 1 saturated carbocycles. The number of carboxylic acid groups (broad SMARTS) is 1. The van der Waals surface area contributed by atoms with Gasteiger partial charge in [0.25, 0.3) is 0 Å². The Morgan fingerprint density at radius 1 is 1.27 bits per heavy atom. The maximum absolute atomic E-state index is 12.6. The van der Waals surface area contributed by atoms with E-state index in [0.717, 1.165) is 11.3 Å². The number of benzene rings is 1. The molecular weight excluding hydrogens is 322 g/mol. The van der Waals surface area contributed by atoms with Crippen LogP contribution in [0.25, 0.3) is 0 Å². The Hall–Kier alpha value is -1.46. The number of fused-ring (bicyclic) bond motifs is 2. The van der Waals surface area contributed by atoms with Crippen LogP contribution in [-0.4, -0.2) is 23.2 Å². The van der Waals surface area contributed by atoms with Gasteiger partial charge in [0.05, 0.1) is 17.5 Å². The van der Waals surface area contributed by atoms with E-state index in [1.54, 1.807) is 12.1 Å². The molecule has 116 valence electrons. The number of thioether (sulfide) groups is 1. The molecular formula is C16H16ClNO3S. The number of amides is 1. The third kappa shape index (κ3) is 2.63. The third-order valence-corrected chi connectivity index (χ3v) is 5.50. The summed E-state index contributed by atoms with van der Waals surface area (Å²) < 4.78 is 0. The third-order valence-electron chi connectivity index (χ3n) is 4.47. The van der Waals surface area contributed by atoms with Gasteiger partial charge in [-0.2, -0.15) is 0 Å². The number of rotatable bonds is 4. The molecule has 0 spiro atoms. The Labute approximate surface area is 137 Å². The molecule has 22 heavy (non-hydrogen) atoms. The van der Waals surface area contributed by atoms with E-state index in [9.17, 15) is 14.7 Å². The van der Waals surface area contributed by atoms with Crippen molar-refractivity contribution in [3.8, 4) is 0 Å². The molecule has 1 amide bonds. The van der Waals surface area contributed by atoms with Gasteiger partial charge in [-0.25, -0.2) is 0 Å². The summed E-state index contributed by atoms with van der Waals surface area (Å²) in [7, 11) is 0. The molecule has 2 bridgehead atoms. The predicted octanol–water partition coefficient (Wildman–Crippen LogP) is 3.52. The average Bonchev–Trinajstić information content (AvgIpc) is 3.08. The standard InChI is InChI=1S/C16H16ClNO3S/c1-22-12-5-4-10(17)7-11(12)18-15(19)13-8-2-3-9(6-8)14(13)16(20)21/h2-5,7-9,13-14H,6H2,1H3,(H,18,19)(H,20,21). The van der Waals surface area contributed by atoms with Gasteiger partial charge in [-0.15, -0.1) is 11.8 Å². The average molecular weight is 338 g/mol. The van der Waals surface area contributed by atoms with Crippen LogP contribution in [0.3, 0.4) is 0 Å². The molecule has 6 heteroatoms. The minimum Gasteiger partial charge on any atom is -0.481 e. The monoisotopic (exact) mass is 337 g/mol. The molecule has 0 heterocycles. The van der Waals surface area contributed by atoms with E-state index in [-0.39, 0.29) is 17.7 Å². The van der Waals surface area contributed by atoms with Gasteiger partial charge in [-0.1, -0.05) is 23.8 Å². The first kappa shape index (κ1) is 15.4. The van der Waals surface area contributed by atoms with Crippen LogP contribution in [0.5, 0.6) is 0 Å². The molecule has 1 fully saturated rings. The van der Waals surface area contributed by atoms with Crippen molar-refractivity contribution >= 4 is 40.9 Å². The normalized spacial score (nSPS) is 28.8. The fourth-order valence-electron chi connectivity index (χ4n) is 3.51. The molecule has 1 aromatic carbocycles.